The zero-order valence-electron chi connectivity index (χ0n) is 15.9. The third-order valence-electron chi connectivity index (χ3n) is 4.64. The third kappa shape index (κ3) is 4.16. The number of nitrogens with zero attached hydrogens (tertiary/aromatic N) is 2. The molecule has 140 valence electrons. The van der Waals surface area contributed by atoms with E-state index in [0.29, 0.717) is 11.7 Å². The van der Waals surface area contributed by atoms with Crippen LogP contribution >= 0.6 is 0 Å². The number of anilines is 1. The lowest BCUT2D eigenvalue weighted by Crippen LogP contribution is -2.29. The molecule has 0 atom stereocenters. The van der Waals surface area contributed by atoms with E-state index in [-0.39, 0.29) is 5.91 Å². The van der Waals surface area contributed by atoms with E-state index in [1.165, 1.54) is 0 Å². The second kappa shape index (κ2) is 7.61. The first-order valence-corrected chi connectivity index (χ1v) is 8.83. The highest BCUT2D eigenvalue weighted by atomic mass is 16.5. The van der Waals surface area contributed by atoms with Crippen molar-refractivity contribution in [2.24, 2.45) is 5.41 Å². The highest BCUT2D eigenvalue weighted by Crippen LogP contribution is 2.26. The van der Waals surface area contributed by atoms with Gasteiger partial charge in [-0.3, -0.25) is 4.79 Å². The van der Waals surface area contributed by atoms with E-state index < -0.39 is 5.41 Å². The summed E-state index contributed by atoms with van der Waals surface area (Å²) in [6, 6.07) is 14.8. The highest BCUT2D eigenvalue weighted by molar-refractivity contribution is 5.94. The molecule has 27 heavy (non-hydrogen) atoms. The van der Waals surface area contributed by atoms with Crippen LogP contribution < -0.4 is 10.1 Å². The predicted octanol–water partition coefficient (Wildman–Crippen LogP) is 4.79. The monoisotopic (exact) mass is 365 g/mol. The third-order valence-corrected chi connectivity index (χ3v) is 4.64. The Labute approximate surface area is 158 Å². The van der Waals surface area contributed by atoms with Crippen LogP contribution in [0, 0.1) is 5.41 Å². The molecule has 2 aromatic carbocycles. The van der Waals surface area contributed by atoms with Gasteiger partial charge in [-0.1, -0.05) is 38.1 Å². The molecule has 0 aliphatic heterocycles. The van der Waals surface area contributed by atoms with Gasteiger partial charge >= 0.3 is 0 Å². The standard InChI is InChI=1S/C21H23N3O3/c1-5-21(2,3)20(25)22-16-11-9-14(10-12-16)19-23-18(24-27-19)15-7-6-8-17(13-15)26-4/h6-13H,5H2,1-4H3,(H,22,25). The van der Waals surface area contributed by atoms with Crippen molar-refractivity contribution in [2.45, 2.75) is 27.2 Å². The van der Waals surface area contributed by atoms with Crippen molar-refractivity contribution in [3.8, 4) is 28.6 Å². The van der Waals surface area contributed by atoms with Gasteiger partial charge in [-0.2, -0.15) is 4.98 Å². The molecule has 0 aliphatic carbocycles. The molecule has 0 bridgehead atoms. The summed E-state index contributed by atoms with van der Waals surface area (Å²) in [6.07, 6.45) is 0.770. The van der Waals surface area contributed by atoms with E-state index in [0.717, 1.165) is 29.0 Å². The lowest BCUT2D eigenvalue weighted by molar-refractivity contribution is -0.124. The van der Waals surface area contributed by atoms with E-state index in [9.17, 15) is 4.79 Å². The number of ether oxygens (including phenoxy) is 1. The number of carbonyl (C=O) groups is 1. The van der Waals surface area contributed by atoms with Crippen molar-refractivity contribution in [2.75, 3.05) is 12.4 Å². The van der Waals surface area contributed by atoms with Crippen LogP contribution in [-0.4, -0.2) is 23.2 Å². The van der Waals surface area contributed by atoms with Gasteiger partial charge in [0.1, 0.15) is 5.75 Å². The lowest BCUT2D eigenvalue weighted by Gasteiger charge is -2.21. The topological polar surface area (TPSA) is 77.2 Å². The second-order valence-electron chi connectivity index (χ2n) is 6.92. The Bertz CT molecular complexity index is 930. The van der Waals surface area contributed by atoms with Gasteiger partial charge in [-0.25, -0.2) is 0 Å². The second-order valence-corrected chi connectivity index (χ2v) is 6.92. The van der Waals surface area contributed by atoms with Crippen molar-refractivity contribution in [1.82, 2.24) is 10.1 Å². The van der Waals surface area contributed by atoms with Gasteiger partial charge < -0.3 is 14.6 Å². The summed E-state index contributed by atoms with van der Waals surface area (Å²) >= 11 is 0. The van der Waals surface area contributed by atoms with Crippen molar-refractivity contribution < 1.29 is 14.1 Å². The number of rotatable bonds is 6. The Kier molecular flexibility index (Phi) is 5.26. The molecule has 6 heteroatoms. The maximum Gasteiger partial charge on any atom is 0.258 e. The maximum atomic E-state index is 12.3. The first-order chi connectivity index (χ1) is 12.9. The highest BCUT2D eigenvalue weighted by Gasteiger charge is 2.25. The zero-order valence-corrected chi connectivity index (χ0v) is 15.9. The van der Waals surface area contributed by atoms with Crippen molar-refractivity contribution in [1.29, 1.82) is 0 Å². The van der Waals surface area contributed by atoms with Gasteiger partial charge in [0, 0.05) is 22.2 Å². The summed E-state index contributed by atoms with van der Waals surface area (Å²) in [6.45, 7) is 5.85. The molecule has 3 rings (SSSR count). The molecule has 0 saturated heterocycles. The first kappa shape index (κ1) is 18.6. The molecule has 3 aromatic rings. The number of hydrogen-bond donors (Lipinski definition) is 1. The molecule has 0 radical (unpaired) electrons. The lowest BCUT2D eigenvalue weighted by atomic mass is 9.89. The molecule has 1 amide bonds. The molecular formula is C21H23N3O3. The molecule has 0 saturated carbocycles. The summed E-state index contributed by atoms with van der Waals surface area (Å²) < 4.78 is 10.6. The molecule has 1 heterocycles. The fraction of sp³-hybridized carbons (Fsp3) is 0.286. The molecule has 1 aromatic heterocycles. The van der Waals surface area contributed by atoms with Gasteiger partial charge in [-0.15, -0.1) is 0 Å². The number of aromatic nitrogens is 2. The van der Waals surface area contributed by atoms with Crippen molar-refractivity contribution in [3.63, 3.8) is 0 Å². The molecule has 0 aliphatic rings. The predicted molar refractivity (Wildman–Crippen MR) is 104 cm³/mol. The normalized spacial score (nSPS) is 11.3. The van der Waals surface area contributed by atoms with Crippen LogP contribution in [0.1, 0.15) is 27.2 Å². The van der Waals surface area contributed by atoms with E-state index in [4.69, 9.17) is 9.26 Å². The van der Waals surface area contributed by atoms with Crippen molar-refractivity contribution in [3.05, 3.63) is 48.5 Å². The largest absolute Gasteiger partial charge is 0.497 e. The average Bonchev–Trinajstić information content (AvgIpc) is 3.19. The SMILES string of the molecule is CCC(C)(C)C(=O)Nc1ccc(-c2nc(-c3cccc(OC)c3)no2)cc1. The van der Waals surface area contributed by atoms with Gasteiger partial charge in [0.25, 0.3) is 5.89 Å². The zero-order chi connectivity index (χ0) is 19.4. The molecule has 6 nitrogen and oxygen atoms in total. The minimum atomic E-state index is -0.406. The van der Waals surface area contributed by atoms with E-state index in [1.807, 2.05) is 69.3 Å². The summed E-state index contributed by atoms with van der Waals surface area (Å²) in [5.74, 6) is 1.63. The smallest absolute Gasteiger partial charge is 0.258 e. The Morgan fingerprint density at radius 3 is 2.56 bits per heavy atom. The minimum Gasteiger partial charge on any atom is -0.497 e. The molecule has 1 N–H and O–H groups in total. The van der Waals surface area contributed by atoms with Crippen molar-refractivity contribution >= 4 is 11.6 Å². The molecule has 0 unspecified atom stereocenters. The quantitative estimate of drug-likeness (QED) is 0.680. The molecular weight excluding hydrogens is 342 g/mol. The fourth-order valence-electron chi connectivity index (χ4n) is 2.38. The molecule has 0 spiro atoms. The Hall–Kier alpha value is -3.15. The maximum absolute atomic E-state index is 12.3. The van der Waals surface area contributed by atoms with Crippen LogP contribution in [0.25, 0.3) is 22.8 Å². The first-order valence-electron chi connectivity index (χ1n) is 8.83. The number of nitrogens with one attached hydrogen (secondary N) is 1. The van der Waals surface area contributed by atoms with Crippen LogP contribution in [0.5, 0.6) is 5.75 Å². The van der Waals surface area contributed by atoms with E-state index in [2.05, 4.69) is 15.5 Å². The summed E-state index contributed by atoms with van der Waals surface area (Å²) in [5, 5.41) is 6.98. The number of amides is 1. The number of hydrogen-bond acceptors (Lipinski definition) is 5. The number of carbonyl (C=O) groups excluding carboxylic acids is 1. The van der Waals surface area contributed by atoms with Gasteiger partial charge in [0.05, 0.1) is 7.11 Å². The Morgan fingerprint density at radius 2 is 1.89 bits per heavy atom. The summed E-state index contributed by atoms with van der Waals surface area (Å²) in [7, 11) is 1.61. The van der Waals surface area contributed by atoms with E-state index in [1.54, 1.807) is 7.11 Å². The number of methoxy groups -OCH3 is 1. The van der Waals surface area contributed by atoms with Crippen LogP contribution in [0.2, 0.25) is 0 Å². The van der Waals surface area contributed by atoms with Gasteiger partial charge in [0.15, 0.2) is 0 Å². The number of benzene rings is 2. The van der Waals surface area contributed by atoms with Crippen LogP contribution in [-0.2, 0) is 4.79 Å². The van der Waals surface area contributed by atoms with Crippen LogP contribution in [0.15, 0.2) is 53.1 Å². The van der Waals surface area contributed by atoms with E-state index >= 15 is 0 Å². The van der Waals surface area contributed by atoms with Crippen LogP contribution in [0.3, 0.4) is 0 Å². The van der Waals surface area contributed by atoms with Gasteiger partial charge in [0.2, 0.25) is 11.7 Å². The van der Waals surface area contributed by atoms with Crippen LogP contribution in [0.4, 0.5) is 5.69 Å². The minimum absolute atomic E-state index is 0.00384. The van der Waals surface area contributed by atoms with Gasteiger partial charge in [-0.05, 0) is 42.8 Å². The average molecular weight is 365 g/mol. The molecule has 0 fully saturated rings. The summed E-state index contributed by atoms with van der Waals surface area (Å²) in [5.41, 5.74) is 1.92. The Morgan fingerprint density at radius 1 is 1.15 bits per heavy atom. The fourth-order valence-corrected chi connectivity index (χ4v) is 2.38. The summed E-state index contributed by atoms with van der Waals surface area (Å²) in [4.78, 5) is 16.7. The Balaban J connectivity index is 1.76.